The first-order chi connectivity index (χ1) is 19.7. The van der Waals surface area contributed by atoms with Gasteiger partial charge < -0.3 is 15.5 Å². The molecule has 3 aromatic rings. The van der Waals surface area contributed by atoms with E-state index in [0.717, 1.165) is 17.0 Å². The van der Waals surface area contributed by atoms with E-state index < -0.39 is 10.0 Å². The van der Waals surface area contributed by atoms with Crippen molar-refractivity contribution >= 4 is 49.9 Å². The SMILES string of the molecule is CNS(=O)(=O)c1cc(-c2sc(Nc3cccc(N4CCNCCC4=O)n3)nc2C)cc2c1C(=O)N(CCC1CC1)C2. The van der Waals surface area contributed by atoms with Crippen LogP contribution in [-0.2, 0) is 21.4 Å². The minimum absolute atomic E-state index is 0.000272. The van der Waals surface area contributed by atoms with Crippen molar-refractivity contribution in [2.24, 2.45) is 5.92 Å². The third-order valence-electron chi connectivity index (χ3n) is 7.74. The first-order valence-electron chi connectivity index (χ1n) is 13.9. The van der Waals surface area contributed by atoms with Crippen molar-refractivity contribution in [3.63, 3.8) is 0 Å². The van der Waals surface area contributed by atoms with Crippen LogP contribution in [0, 0.1) is 12.8 Å². The van der Waals surface area contributed by atoms with Gasteiger partial charge in [-0.3, -0.25) is 14.5 Å². The molecule has 1 saturated heterocycles. The number of amides is 2. The maximum Gasteiger partial charge on any atom is 0.255 e. The zero-order chi connectivity index (χ0) is 28.7. The minimum atomic E-state index is -3.88. The summed E-state index contributed by atoms with van der Waals surface area (Å²) >= 11 is 1.38. The van der Waals surface area contributed by atoms with Gasteiger partial charge in [0.1, 0.15) is 11.6 Å². The van der Waals surface area contributed by atoms with Crippen LogP contribution in [-0.4, -0.2) is 68.3 Å². The van der Waals surface area contributed by atoms with Gasteiger partial charge in [-0.25, -0.2) is 23.1 Å². The number of nitrogens with one attached hydrogen (secondary N) is 3. The smallest absolute Gasteiger partial charge is 0.255 e. The number of thiazole rings is 1. The maximum absolute atomic E-state index is 13.3. The lowest BCUT2D eigenvalue weighted by Crippen LogP contribution is -2.33. The van der Waals surface area contributed by atoms with Crippen LogP contribution in [0.15, 0.2) is 35.2 Å². The molecule has 2 aliphatic heterocycles. The van der Waals surface area contributed by atoms with Crippen molar-refractivity contribution in [1.82, 2.24) is 24.9 Å². The van der Waals surface area contributed by atoms with E-state index in [1.807, 2.05) is 31.2 Å². The number of sulfonamides is 1. The number of nitrogens with zero attached hydrogens (tertiary/aromatic N) is 4. The number of fused-ring (bicyclic) bond motifs is 1. The van der Waals surface area contributed by atoms with Crippen molar-refractivity contribution in [3.05, 3.63) is 47.2 Å². The van der Waals surface area contributed by atoms with E-state index in [1.165, 1.54) is 31.2 Å². The monoisotopic (exact) mass is 595 g/mol. The number of hydrogen-bond acceptors (Lipinski definition) is 9. The number of anilines is 3. The van der Waals surface area contributed by atoms with Gasteiger partial charge in [0.15, 0.2) is 5.13 Å². The third-order valence-corrected chi connectivity index (χ3v) is 10.3. The fourth-order valence-corrected chi connectivity index (χ4v) is 7.29. The Hall–Kier alpha value is -3.39. The van der Waals surface area contributed by atoms with E-state index >= 15 is 0 Å². The molecular weight excluding hydrogens is 562 g/mol. The molecule has 0 spiro atoms. The summed E-state index contributed by atoms with van der Waals surface area (Å²) in [5.74, 6) is 1.60. The van der Waals surface area contributed by atoms with Crippen LogP contribution in [0.3, 0.4) is 0 Å². The second-order valence-corrected chi connectivity index (χ2v) is 13.5. The van der Waals surface area contributed by atoms with E-state index in [0.29, 0.717) is 73.0 Å². The molecule has 3 aliphatic rings. The first kappa shape index (κ1) is 27.8. The molecular formula is C28H33N7O4S2. The highest BCUT2D eigenvalue weighted by Crippen LogP contribution is 2.40. The van der Waals surface area contributed by atoms with Crippen molar-refractivity contribution in [1.29, 1.82) is 0 Å². The molecule has 3 N–H and O–H groups in total. The van der Waals surface area contributed by atoms with Crippen molar-refractivity contribution in [2.45, 2.75) is 44.0 Å². The van der Waals surface area contributed by atoms with Crippen LogP contribution < -0.4 is 20.3 Å². The van der Waals surface area contributed by atoms with Crippen LogP contribution in [0.2, 0.25) is 0 Å². The van der Waals surface area contributed by atoms with Crippen LogP contribution in [0.5, 0.6) is 0 Å². The molecule has 13 heteroatoms. The third kappa shape index (κ3) is 5.71. The van der Waals surface area contributed by atoms with E-state index in [2.05, 4.69) is 25.3 Å². The Labute approximate surface area is 243 Å². The van der Waals surface area contributed by atoms with Gasteiger partial charge in [0, 0.05) is 39.1 Å². The Morgan fingerprint density at radius 3 is 2.76 bits per heavy atom. The summed E-state index contributed by atoms with van der Waals surface area (Å²) in [7, 11) is -2.53. The van der Waals surface area contributed by atoms with Gasteiger partial charge in [0.25, 0.3) is 5.91 Å². The fraction of sp³-hybridized carbons (Fsp3) is 0.429. The lowest BCUT2D eigenvalue weighted by molar-refractivity contribution is -0.118. The standard InChI is InChI=1S/C28H33N7O4S2/c1-17-26(40-28(31-17)33-22-4-3-5-23(32-22)35-13-11-30-10-8-24(35)36)19-14-20-16-34(12-9-18-6-7-18)27(37)25(20)21(15-19)41(38,39)29-2/h3-5,14-15,18,29-30H,6-13,16H2,1-2H3,(H,31,32,33). The lowest BCUT2D eigenvalue weighted by atomic mass is 10.0. The average molecular weight is 596 g/mol. The number of pyridine rings is 1. The zero-order valence-electron chi connectivity index (χ0n) is 23.1. The summed E-state index contributed by atoms with van der Waals surface area (Å²) in [6, 6.07) is 8.97. The Morgan fingerprint density at radius 1 is 1.15 bits per heavy atom. The second-order valence-electron chi connectivity index (χ2n) is 10.7. The zero-order valence-corrected chi connectivity index (χ0v) is 24.7. The van der Waals surface area contributed by atoms with Crippen molar-refractivity contribution < 1.29 is 18.0 Å². The van der Waals surface area contributed by atoms with Gasteiger partial charge in [-0.15, -0.1) is 0 Å². The highest BCUT2D eigenvalue weighted by molar-refractivity contribution is 7.89. The maximum atomic E-state index is 13.3. The average Bonchev–Trinajstić information content (AvgIpc) is 3.69. The molecule has 1 aromatic carbocycles. The Balaban J connectivity index is 1.29. The number of aryl methyl sites for hydroxylation is 1. The Kier molecular flexibility index (Phi) is 7.53. The largest absolute Gasteiger partial charge is 0.334 e. The molecule has 11 nitrogen and oxygen atoms in total. The minimum Gasteiger partial charge on any atom is -0.334 e. The molecule has 0 radical (unpaired) electrons. The summed E-state index contributed by atoms with van der Waals surface area (Å²) < 4.78 is 28.5. The molecule has 0 bridgehead atoms. The molecule has 0 atom stereocenters. The van der Waals surface area contributed by atoms with E-state index in [-0.39, 0.29) is 22.3 Å². The molecule has 4 heterocycles. The van der Waals surface area contributed by atoms with E-state index in [9.17, 15) is 18.0 Å². The van der Waals surface area contributed by atoms with Gasteiger partial charge in [0.2, 0.25) is 15.9 Å². The summed E-state index contributed by atoms with van der Waals surface area (Å²) in [4.78, 5) is 39.4. The van der Waals surface area contributed by atoms with Gasteiger partial charge >= 0.3 is 0 Å². The topological polar surface area (TPSA) is 137 Å². The molecule has 41 heavy (non-hydrogen) atoms. The quantitative estimate of drug-likeness (QED) is 0.343. The molecule has 1 saturated carbocycles. The van der Waals surface area contributed by atoms with E-state index in [4.69, 9.17) is 0 Å². The summed E-state index contributed by atoms with van der Waals surface area (Å²) in [6.45, 7) is 4.80. The predicted octanol–water partition coefficient (Wildman–Crippen LogP) is 3.25. The highest BCUT2D eigenvalue weighted by atomic mass is 32.2. The lowest BCUT2D eigenvalue weighted by Gasteiger charge is -2.19. The predicted molar refractivity (Wildman–Crippen MR) is 158 cm³/mol. The number of hydrogen-bond donors (Lipinski definition) is 3. The van der Waals surface area contributed by atoms with Crippen molar-refractivity contribution in [3.8, 4) is 10.4 Å². The molecule has 2 aromatic heterocycles. The molecule has 1 aliphatic carbocycles. The Morgan fingerprint density at radius 2 is 1.98 bits per heavy atom. The molecule has 2 fully saturated rings. The summed E-state index contributed by atoms with van der Waals surface area (Å²) in [5.41, 5.74) is 2.40. The number of aromatic nitrogens is 2. The molecule has 216 valence electrons. The van der Waals surface area contributed by atoms with Crippen LogP contribution >= 0.6 is 11.3 Å². The first-order valence-corrected chi connectivity index (χ1v) is 16.2. The number of benzene rings is 1. The fourth-order valence-electron chi connectivity index (χ4n) is 5.34. The molecule has 2 amide bonds. The van der Waals surface area contributed by atoms with Gasteiger partial charge in [-0.05, 0) is 61.7 Å². The number of carbonyl (C=O) groups is 2. The summed E-state index contributed by atoms with van der Waals surface area (Å²) in [6.07, 6.45) is 3.77. The number of carbonyl (C=O) groups excluding carboxylic acids is 2. The second kappa shape index (κ2) is 11.1. The van der Waals surface area contributed by atoms with Crippen molar-refractivity contribution in [2.75, 3.05) is 43.4 Å². The van der Waals surface area contributed by atoms with Crippen LogP contribution in [0.4, 0.5) is 16.8 Å². The molecule has 6 rings (SSSR count). The summed E-state index contributed by atoms with van der Waals surface area (Å²) in [5, 5.41) is 7.07. The molecule has 0 unspecified atom stereocenters. The highest BCUT2D eigenvalue weighted by Gasteiger charge is 2.35. The number of rotatable bonds is 9. The Bertz CT molecular complexity index is 1620. The van der Waals surface area contributed by atoms with E-state index in [1.54, 1.807) is 15.9 Å². The van der Waals surface area contributed by atoms with Gasteiger partial charge in [-0.1, -0.05) is 30.2 Å². The van der Waals surface area contributed by atoms with Crippen LogP contribution in [0.1, 0.15) is 47.3 Å². The normalized spacial score (nSPS) is 17.6. The van der Waals surface area contributed by atoms with Crippen LogP contribution in [0.25, 0.3) is 10.4 Å². The van der Waals surface area contributed by atoms with Gasteiger partial charge in [-0.2, -0.15) is 0 Å². The van der Waals surface area contributed by atoms with Gasteiger partial charge in [0.05, 0.1) is 21.0 Å².